The molecule has 0 radical (unpaired) electrons. The number of carbonyl (C=O) groups is 2. The van der Waals surface area contributed by atoms with Crippen molar-refractivity contribution in [2.45, 2.75) is 12.3 Å². The van der Waals surface area contributed by atoms with Gasteiger partial charge >= 0.3 is 5.97 Å². The number of amides is 1. The minimum Gasteiger partial charge on any atom is -0.466 e. The fourth-order valence-electron chi connectivity index (χ4n) is 3.16. The average Bonchev–Trinajstić information content (AvgIpc) is 2.79. The molecule has 2 heterocycles. The third kappa shape index (κ3) is 1.83. The van der Waals surface area contributed by atoms with Gasteiger partial charge in [0.25, 0.3) is 0 Å². The maximum Gasteiger partial charge on any atom is 0.339 e. The second kappa shape index (κ2) is 5.28. The van der Waals surface area contributed by atoms with Crippen molar-refractivity contribution in [3.05, 3.63) is 51.6 Å². The van der Waals surface area contributed by atoms with Crippen LogP contribution in [0.4, 0.5) is 5.69 Å². The fraction of sp³-hybridized carbons (Fsp3) is 0.188. The molecule has 3 N–H and O–H groups in total. The van der Waals surface area contributed by atoms with Crippen molar-refractivity contribution in [3.8, 4) is 6.07 Å². The second-order valence-corrected chi connectivity index (χ2v) is 5.71. The van der Waals surface area contributed by atoms with Gasteiger partial charge in [-0.15, -0.1) is 0 Å². The zero-order valence-corrected chi connectivity index (χ0v) is 13.5. The van der Waals surface area contributed by atoms with Crippen LogP contribution in [0.5, 0.6) is 0 Å². The predicted molar refractivity (Wildman–Crippen MR) is 84.4 cm³/mol. The van der Waals surface area contributed by atoms with Gasteiger partial charge in [-0.2, -0.15) is 5.26 Å². The van der Waals surface area contributed by atoms with E-state index < -0.39 is 17.3 Å². The van der Waals surface area contributed by atoms with Crippen LogP contribution in [0, 0.1) is 11.3 Å². The number of methoxy groups -OCH3 is 1. The summed E-state index contributed by atoms with van der Waals surface area (Å²) in [5, 5.41) is 12.6. The average molecular weight is 346 g/mol. The van der Waals surface area contributed by atoms with Gasteiger partial charge in [0, 0.05) is 16.3 Å². The van der Waals surface area contributed by atoms with Crippen LogP contribution in [-0.4, -0.2) is 19.0 Å². The van der Waals surface area contributed by atoms with Crippen LogP contribution in [-0.2, 0) is 24.5 Å². The number of anilines is 1. The number of hydrogen-bond acceptors (Lipinski definition) is 6. The van der Waals surface area contributed by atoms with Gasteiger partial charge in [0.2, 0.25) is 11.8 Å². The van der Waals surface area contributed by atoms with Gasteiger partial charge in [0.1, 0.15) is 23.0 Å². The molecule has 0 saturated heterocycles. The number of nitriles is 1. The number of allylic oxidation sites excluding steroid dienone is 1. The van der Waals surface area contributed by atoms with E-state index >= 15 is 0 Å². The molecule has 3 rings (SSSR count). The number of fused-ring (bicyclic) bond motifs is 2. The van der Waals surface area contributed by atoms with E-state index in [9.17, 15) is 14.9 Å². The number of carbonyl (C=O) groups excluding carboxylic acids is 2. The molecule has 122 valence electrons. The van der Waals surface area contributed by atoms with Crippen LogP contribution in [0.25, 0.3) is 0 Å². The molecule has 7 nitrogen and oxygen atoms in total. The lowest BCUT2D eigenvalue weighted by atomic mass is 9.68. The van der Waals surface area contributed by atoms with Crippen LogP contribution in [0.2, 0.25) is 5.02 Å². The molecule has 1 spiro atoms. The van der Waals surface area contributed by atoms with Crippen LogP contribution in [0.15, 0.2) is 41.0 Å². The minimum absolute atomic E-state index is 0.0886. The quantitative estimate of drug-likeness (QED) is 0.749. The monoisotopic (exact) mass is 345 g/mol. The first kappa shape index (κ1) is 15.9. The Kier molecular flexibility index (Phi) is 3.50. The predicted octanol–water partition coefficient (Wildman–Crippen LogP) is 1.70. The minimum atomic E-state index is -1.73. The number of ether oxygens (including phenoxy) is 2. The smallest absolute Gasteiger partial charge is 0.339 e. The molecule has 24 heavy (non-hydrogen) atoms. The number of rotatable bonds is 1. The first-order valence-corrected chi connectivity index (χ1v) is 7.25. The highest BCUT2D eigenvalue weighted by Crippen LogP contribution is 2.52. The van der Waals surface area contributed by atoms with Crippen molar-refractivity contribution in [2.24, 2.45) is 5.73 Å². The first-order valence-electron chi connectivity index (χ1n) is 6.87. The lowest BCUT2D eigenvalue weighted by molar-refractivity contribution is -0.138. The first-order chi connectivity index (χ1) is 11.4. The normalized spacial score (nSPS) is 22.0. The number of nitrogens with two attached hydrogens (primary N) is 1. The van der Waals surface area contributed by atoms with E-state index in [1.807, 2.05) is 6.07 Å². The van der Waals surface area contributed by atoms with Crippen LogP contribution in [0.3, 0.4) is 0 Å². The standard InChI is InChI=1S/C16H12ClN3O4/c1-7-12(14(21)23-2)16(10(6-18)13(19)24-7)9-4-3-8(17)5-11(9)20-15(16)22/h3-5H,19H2,1-2H3,(H,20,22). The van der Waals surface area contributed by atoms with Gasteiger partial charge in [0.05, 0.1) is 7.11 Å². The topological polar surface area (TPSA) is 114 Å². The Morgan fingerprint density at radius 3 is 2.83 bits per heavy atom. The van der Waals surface area contributed by atoms with Crippen LogP contribution >= 0.6 is 11.6 Å². The molecule has 1 atom stereocenters. The van der Waals surface area contributed by atoms with Gasteiger partial charge < -0.3 is 20.5 Å². The third-order valence-electron chi connectivity index (χ3n) is 4.09. The Morgan fingerprint density at radius 2 is 2.21 bits per heavy atom. The van der Waals surface area contributed by atoms with Crippen molar-refractivity contribution in [1.29, 1.82) is 5.26 Å². The summed E-state index contributed by atoms with van der Waals surface area (Å²) in [6.07, 6.45) is 0. The molecule has 1 amide bonds. The molecule has 1 aromatic carbocycles. The Bertz CT molecular complexity index is 897. The Balaban J connectivity index is 2.44. The molecule has 0 saturated carbocycles. The van der Waals surface area contributed by atoms with E-state index in [0.29, 0.717) is 16.3 Å². The molecular weight excluding hydrogens is 334 g/mol. The molecular formula is C16H12ClN3O4. The Labute approximate surface area is 142 Å². The zero-order chi connectivity index (χ0) is 17.6. The summed E-state index contributed by atoms with van der Waals surface area (Å²) in [5.41, 5.74) is 4.62. The largest absolute Gasteiger partial charge is 0.466 e. The van der Waals surface area contributed by atoms with E-state index in [1.165, 1.54) is 20.1 Å². The Morgan fingerprint density at radius 1 is 1.50 bits per heavy atom. The third-order valence-corrected chi connectivity index (χ3v) is 4.32. The highest BCUT2D eigenvalue weighted by atomic mass is 35.5. The summed E-state index contributed by atoms with van der Waals surface area (Å²) in [5.74, 6) is -1.52. The molecule has 1 aromatic rings. The number of benzene rings is 1. The molecule has 2 aliphatic rings. The van der Waals surface area contributed by atoms with Crippen molar-refractivity contribution in [3.63, 3.8) is 0 Å². The van der Waals surface area contributed by atoms with E-state index in [2.05, 4.69) is 5.32 Å². The molecule has 0 fully saturated rings. The van der Waals surface area contributed by atoms with Crippen molar-refractivity contribution >= 4 is 29.2 Å². The summed E-state index contributed by atoms with van der Waals surface area (Å²) in [7, 11) is 1.18. The van der Waals surface area contributed by atoms with E-state index in [1.54, 1.807) is 12.1 Å². The number of nitrogens with zero attached hydrogens (tertiary/aromatic N) is 1. The lowest BCUT2D eigenvalue weighted by Gasteiger charge is -2.33. The van der Waals surface area contributed by atoms with Crippen molar-refractivity contribution in [1.82, 2.24) is 0 Å². The Hall–Kier alpha value is -2.98. The molecule has 0 aromatic heterocycles. The maximum atomic E-state index is 12.9. The molecule has 0 bridgehead atoms. The van der Waals surface area contributed by atoms with Crippen LogP contribution in [0.1, 0.15) is 12.5 Å². The number of hydrogen-bond donors (Lipinski definition) is 2. The maximum absolute atomic E-state index is 12.9. The second-order valence-electron chi connectivity index (χ2n) is 5.27. The molecule has 8 heteroatoms. The van der Waals surface area contributed by atoms with Gasteiger partial charge in [-0.3, -0.25) is 4.79 Å². The highest BCUT2D eigenvalue weighted by Gasteiger charge is 2.59. The SMILES string of the molecule is COC(=O)C1=C(C)OC(N)=C(C#N)C12C(=O)Nc1cc(Cl)ccc12. The van der Waals surface area contributed by atoms with Crippen molar-refractivity contribution < 1.29 is 19.1 Å². The highest BCUT2D eigenvalue weighted by molar-refractivity contribution is 6.31. The van der Waals surface area contributed by atoms with E-state index in [4.69, 9.17) is 26.8 Å². The number of nitrogens with one attached hydrogen (secondary N) is 1. The summed E-state index contributed by atoms with van der Waals surface area (Å²) in [4.78, 5) is 25.3. The van der Waals surface area contributed by atoms with Crippen LogP contribution < -0.4 is 11.1 Å². The van der Waals surface area contributed by atoms with Gasteiger partial charge in [-0.05, 0) is 19.1 Å². The summed E-state index contributed by atoms with van der Waals surface area (Å²) in [6.45, 7) is 1.48. The van der Waals surface area contributed by atoms with Gasteiger partial charge in [-0.25, -0.2) is 4.79 Å². The van der Waals surface area contributed by atoms with E-state index in [-0.39, 0.29) is 22.8 Å². The molecule has 1 unspecified atom stereocenters. The summed E-state index contributed by atoms with van der Waals surface area (Å²) >= 11 is 5.97. The lowest BCUT2D eigenvalue weighted by Crippen LogP contribution is -2.45. The fourth-order valence-corrected chi connectivity index (χ4v) is 3.33. The number of halogens is 1. The van der Waals surface area contributed by atoms with Gasteiger partial charge in [-0.1, -0.05) is 17.7 Å². The van der Waals surface area contributed by atoms with E-state index in [0.717, 1.165) is 0 Å². The summed E-state index contributed by atoms with van der Waals surface area (Å²) in [6, 6.07) is 6.57. The van der Waals surface area contributed by atoms with Gasteiger partial charge in [0.15, 0.2) is 5.41 Å². The van der Waals surface area contributed by atoms with Crippen molar-refractivity contribution in [2.75, 3.05) is 12.4 Å². The summed E-state index contributed by atoms with van der Waals surface area (Å²) < 4.78 is 10.1. The molecule has 0 aliphatic carbocycles. The molecule has 2 aliphatic heterocycles. The zero-order valence-electron chi connectivity index (χ0n) is 12.8. The number of esters is 1.